The van der Waals surface area contributed by atoms with E-state index in [2.05, 4.69) is 25.4 Å². The molecule has 1 aromatic rings. The minimum Gasteiger partial charge on any atom is -0.478 e. The van der Waals surface area contributed by atoms with Crippen molar-refractivity contribution in [2.24, 2.45) is 0 Å². The van der Waals surface area contributed by atoms with Gasteiger partial charge in [0.25, 0.3) is 0 Å². The van der Waals surface area contributed by atoms with E-state index in [0.29, 0.717) is 10.0 Å². The molecule has 1 aromatic carbocycles. The van der Waals surface area contributed by atoms with Gasteiger partial charge in [0.2, 0.25) is 10.0 Å². The van der Waals surface area contributed by atoms with Crippen molar-refractivity contribution in [3.05, 3.63) is 27.7 Å². The lowest BCUT2D eigenvalue weighted by Crippen LogP contribution is -2.27. The molecule has 1 rings (SSSR count). The van der Waals surface area contributed by atoms with Gasteiger partial charge in [0, 0.05) is 11.0 Å². The predicted octanol–water partition coefficient (Wildman–Crippen LogP) is 1.30. The van der Waals surface area contributed by atoms with E-state index in [1.54, 1.807) is 6.92 Å². The fourth-order valence-corrected chi connectivity index (χ4v) is 3.44. The average Bonchev–Trinajstić information content (AvgIpc) is 2.40. The Morgan fingerprint density at radius 2 is 2.00 bits per heavy atom. The van der Waals surface area contributed by atoms with Gasteiger partial charge < -0.3 is 9.84 Å². The summed E-state index contributed by atoms with van der Waals surface area (Å²) >= 11 is 3.13. The second-order valence-electron chi connectivity index (χ2n) is 4.11. The minimum absolute atomic E-state index is 0.116. The van der Waals surface area contributed by atoms with Crippen molar-refractivity contribution in [3.8, 4) is 0 Å². The maximum Gasteiger partial charge on any atom is 0.335 e. The first kappa shape index (κ1) is 17.6. The molecule has 116 valence electrons. The van der Waals surface area contributed by atoms with Crippen molar-refractivity contribution in [2.45, 2.75) is 18.2 Å². The molecule has 0 unspecified atom stereocenters. The van der Waals surface area contributed by atoms with Crippen LogP contribution in [0.1, 0.15) is 22.3 Å². The Morgan fingerprint density at radius 3 is 2.52 bits per heavy atom. The Kier molecular flexibility index (Phi) is 5.87. The first-order valence-electron chi connectivity index (χ1n) is 5.79. The number of sulfonamides is 1. The Morgan fingerprint density at radius 1 is 1.38 bits per heavy atom. The number of ether oxygens (including phenoxy) is 1. The van der Waals surface area contributed by atoms with Crippen molar-refractivity contribution < 1.29 is 27.9 Å². The van der Waals surface area contributed by atoms with E-state index >= 15 is 0 Å². The normalized spacial score (nSPS) is 11.2. The van der Waals surface area contributed by atoms with Gasteiger partial charge in [-0.2, -0.15) is 0 Å². The van der Waals surface area contributed by atoms with Crippen molar-refractivity contribution in [1.29, 1.82) is 0 Å². The molecule has 0 aliphatic carbocycles. The van der Waals surface area contributed by atoms with Crippen LogP contribution in [0.2, 0.25) is 0 Å². The zero-order valence-corrected chi connectivity index (χ0v) is 13.7. The third-order valence-electron chi connectivity index (χ3n) is 2.68. The number of hydrogen-bond acceptors (Lipinski definition) is 5. The van der Waals surface area contributed by atoms with Crippen molar-refractivity contribution in [2.75, 3.05) is 13.7 Å². The Balaban J connectivity index is 3.07. The van der Waals surface area contributed by atoms with Crippen LogP contribution in [0.15, 0.2) is 21.5 Å². The summed E-state index contributed by atoms with van der Waals surface area (Å²) < 4.78 is 31.4. The van der Waals surface area contributed by atoms with Crippen LogP contribution >= 0.6 is 15.9 Å². The van der Waals surface area contributed by atoms with Crippen LogP contribution in [0, 0.1) is 6.92 Å². The van der Waals surface area contributed by atoms with Gasteiger partial charge in [-0.05, 0) is 24.6 Å². The number of hydrogen-bond donors (Lipinski definition) is 2. The van der Waals surface area contributed by atoms with Crippen molar-refractivity contribution in [3.63, 3.8) is 0 Å². The zero-order valence-electron chi connectivity index (χ0n) is 11.3. The van der Waals surface area contributed by atoms with Gasteiger partial charge in [-0.25, -0.2) is 17.9 Å². The average molecular weight is 380 g/mol. The standard InChI is InChI=1S/C12H14BrNO6S/c1-7-9(13)5-8(12(16)17)6-10(7)21(18,19)14-4-3-11(15)20-2/h5-6,14H,3-4H2,1-2H3,(H,16,17). The van der Waals surface area contributed by atoms with Crippen LogP contribution in [-0.4, -0.2) is 39.1 Å². The molecule has 0 radical (unpaired) electrons. The number of aromatic carboxylic acids is 1. The van der Waals surface area contributed by atoms with Crippen LogP contribution in [0.25, 0.3) is 0 Å². The van der Waals surface area contributed by atoms with E-state index in [4.69, 9.17) is 5.11 Å². The highest BCUT2D eigenvalue weighted by atomic mass is 79.9. The smallest absolute Gasteiger partial charge is 0.335 e. The topological polar surface area (TPSA) is 110 Å². The fourth-order valence-electron chi connectivity index (χ4n) is 1.52. The number of esters is 1. The van der Waals surface area contributed by atoms with Crippen molar-refractivity contribution in [1.82, 2.24) is 4.72 Å². The molecule has 2 N–H and O–H groups in total. The highest BCUT2D eigenvalue weighted by Crippen LogP contribution is 2.25. The second-order valence-corrected chi connectivity index (χ2v) is 6.70. The monoisotopic (exact) mass is 379 g/mol. The van der Waals surface area contributed by atoms with Crippen LogP contribution < -0.4 is 4.72 Å². The SMILES string of the molecule is COC(=O)CCNS(=O)(=O)c1cc(C(=O)O)cc(Br)c1C. The molecule has 0 heterocycles. The molecular formula is C12H14BrNO6S. The number of carbonyl (C=O) groups is 2. The van der Waals surface area contributed by atoms with Crippen LogP contribution in [0.3, 0.4) is 0 Å². The third-order valence-corrected chi connectivity index (χ3v) is 5.09. The molecule has 0 amide bonds. The molecule has 0 aromatic heterocycles. The number of nitrogens with one attached hydrogen (secondary N) is 1. The number of methoxy groups -OCH3 is 1. The number of rotatable bonds is 6. The first-order valence-corrected chi connectivity index (χ1v) is 8.06. The van der Waals surface area contributed by atoms with E-state index in [0.717, 1.165) is 6.07 Å². The molecule has 0 aliphatic heterocycles. The summed E-state index contributed by atoms with van der Waals surface area (Å²) in [6.45, 7) is 1.41. The molecule has 9 heteroatoms. The number of carboxylic acids is 1. The maximum atomic E-state index is 12.2. The van der Waals surface area contributed by atoms with E-state index < -0.39 is 22.0 Å². The Bertz CT molecular complexity index is 671. The summed E-state index contributed by atoms with van der Waals surface area (Å²) in [7, 11) is -2.72. The molecular weight excluding hydrogens is 366 g/mol. The molecule has 0 fully saturated rings. The summed E-state index contributed by atoms with van der Waals surface area (Å²) in [6.07, 6.45) is -0.116. The minimum atomic E-state index is -3.92. The Hall–Kier alpha value is -1.45. The number of carboxylic acid groups (broad SMARTS) is 1. The largest absolute Gasteiger partial charge is 0.478 e. The highest BCUT2D eigenvalue weighted by Gasteiger charge is 2.21. The van der Waals surface area contributed by atoms with Crippen LogP contribution in [0.5, 0.6) is 0 Å². The van der Waals surface area contributed by atoms with E-state index in [1.807, 2.05) is 0 Å². The van der Waals surface area contributed by atoms with Gasteiger partial charge in [-0.1, -0.05) is 15.9 Å². The van der Waals surface area contributed by atoms with E-state index in [9.17, 15) is 18.0 Å². The van der Waals surface area contributed by atoms with Gasteiger partial charge in [-0.15, -0.1) is 0 Å². The summed E-state index contributed by atoms with van der Waals surface area (Å²) in [4.78, 5) is 21.8. The molecule has 0 aliphatic rings. The molecule has 0 saturated carbocycles. The van der Waals surface area contributed by atoms with E-state index in [-0.39, 0.29) is 23.4 Å². The lowest BCUT2D eigenvalue weighted by molar-refractivity contribution is -0.140. The molecule has 21 heavy (non-hydrogen) atoms. The maximum absolute atomic E-state index is 12.2. The number of halogens is 1. The predicted molar refractivity (Wildman–Crippen MR) is 77.7 cm³/mol. The molecule has 0 atom stereocenters. The zero-order chi connectivity index (χ0) is 16.2. The van der Waals surface area contributed by atoms with Gasteiger partial charge >= 0.3 is 11.9 Å². The van der Waals surface area contributed by atoms with Gasteiger partial charge in [0.15, 0.2) is 0 Å². The fraction of sp³-hybridized carbons (Fsp3) is 0.333. The molecule has 0 bridgehead atoms. The number of benzene rings is 1. The lowest BCUT2D eigenvalue weighted by atomic mass is 10.1. The van der Waals surface area contributed by atoms with E-state index in [1.165, 1.54) is 13.2 Å². The molecule has 0 spiro atoms. The quantitative estimate of drug-likeness (QED) is 0.720. The van der Waals surface area contributed by atoms with Crippen LogP contribution in [-0.2, 0) is 19.6 Å². The summed E-state index contributed by atoms with van der Waals surface area (Å²) in [6, 6.07) is 2.40. The second kappa shape index (κ2) is 7.01. The summed E-state index contributed by atoms with van der Waals surface area (Å²) in [5.41, 5.74) is 0.228. The van der Waals surface area contributed by atoms with Crippen molar-refractivity contribution >= 4 is 37.9 Å². The van der Waals surface area contributed by atoms with Gasteiger partial charge in [0.05, 0.1) is 24.0 Å². The number of carbonyl (C=O) groups excluding carboxylic acids is 1. The van der Waals surface area contributed by atoms with Gasteiger partial charge in [-0.3, -0.25) is 4.79 Å². The summed E-state index contributed by atoms with van der Waals surface area (Å²) in [5, 5.41) is 8.97. The van der Waals surface area contributed by atoms with Crippen LogP contribution in [0.4, 0.5) is 0 Å². The summed E-state index contributed by atoms with van der Waals surface area (Å²) in [5.74, 6) is -1.78. The lowest BCUT2D eigenvalue weighted by Gasteiger charge is -2.11. The highest BCUT2D eigenvalue weighted by molar-refractivity contribution is 9.10. The molecule has 7 nitrogen and oxygen atoms in total. The first-order chi connectivity index (χ1) is 9.69. The third kappa shape index (κ3) is 4.51. The molecule has 0 saturated heterocycles. The Labute approximate surface area is 130 Å². The van der Waals surface area contributed by atoms with Gasteiger partial charge in [0.1, 0.15) is 0 Å².